The smallest absolute Gasteiger partial charge is 0.416 e. The lowest BCUT2D eigenvalue weighted by molar-refractivity contribution is -0.137. The van der Waals surface area contributed by atoms with Gasteiger partial charge in [-0.25, -0.2) is 0 Å². The van der Waals surface area contributed by atoms with Gasteiger partial charge in [0.2, 0.25) is 5.91 Å². The van der Waals surface area contributed by atoms with Gasteiger partial charge in [-0.05, 0) is 35.9 Å². The first-order chi connectivity index (χ1) is 11.8. The van der Waals surface area contributed by atoms with Gasteiger partial charge in [0.15, 0.2) is 6.61 Å². The van der Waals surface area contributed by atoms with Crippen LogP contribution in [0.1, 0.15) is 11.1 Å². The van der Waals surface area contributed by atoms with Gasteiger partial charge in [-0.1, -0.05) is 12.1 Å². The molecule has 0 saturated carbocycles. The molecule has 0 spiro atoms. The van der Waals surface area contributed by atoms with Crippen molar-refractivity contribution < 1.29 is 27.5 Å². The quantitative estimate of drug-likeness (QED) is 0.893. The van der Waals surface area contributed by atoms with E-state index in [2.05, 4.69) is 10.6 Å². The van der Waals surface area contributed by atoms with Crippen LogP contribution in [0.25, 0.3) is 0 Å². The molecule has 2 aromatic carbocycles. The van der Waals surface area contributed by atoms with Crippen LogP contribution in [-0.4, -0.2) is 18.4 Å². The minimum absolute atomic E-state index is 0.0629. The summed E-state index contributed by atoms with van der Waals surface area (Å²) in [7, 11) is 0. The number of ether oxygens (including phenoxy) is 1. The number of carbonyl (C=O) groups excluding carboxylic acids is 2. The standard InChI is InChI=1S/C17H13F3N2O3/c18-17(19,20)11-3-1-10(2-4-11)7-15(23)21-12-5-6-14-13(8-12)22-16(24)9-25-14/h1-6,8H,7,9H2,(H,21,23)(H,22,24). The monoisotopic (exact) mass is 350 g/mol. The van der Waals surface area contributed by atoms with E-state index >= 15 is 0 Å². The first kappa shape index (κ1) is 16.8. The Kier molecular flexibility index (Phi) is 4.35. The molecule has 130 valence electrons. The summed E-state index contributed by atoms with van der Waals surface area (Å²) in [4.78, 5) is 23.3. The Morgan fingerprint density at radius 1 is 1.16 bits per heavy atom. The average molecular weight is 350 g/mol. The van der Waals surface area contributed by atoms with Gasteiger partial charge >= 0.3 is 6.18 Å². The SMILES string of the molecule is O=C(Cc1ccc(C(F)(F)F)cc1)Nc1ccc2c(c1)NC(=O)CO2. The number of benzene rings is 2. The van der Waals surface area contributed by atoms with E-state index in [-0.39, 0.29) is 24.8 Å². The summed E-state index contributed by atoms with van der Waals surface area (Å²) in [6.45, 7) is -0.0629. The van der Waals surface area contributed by atoms with Crippen molar-refractivity contribution in [3.8, 4) is 5.75 Å². The third kappa shape index (κ3) is 4.09. The van der Waals surface area contributed by atoms with Crippen LogP contribution in [0.5, 0.6) is 5.75 Å². The molecule has 2 aromatic rings. The van der Waals surface area contributed by atoms with E-state index in [1.54, 1.807) is 18.2 Å². The van der Waals surface area contributed by atoms with Crippen molar-refractivity contribution in [2.24, 2.45) is 0 Å². The lowest BCUT2D eigenvalue weighted by atomic mass is 10.1. The minimum Gasteiger partial charge on any atom is -0.482 e. The summed E-state index contributed by atoms with van der Waals surface area (Å²) < 4.78 is 42.8. The van der Waals surface area contributed by atoms with E-state index in [0.29, 0.717) is 22.7 Å². The molecule has 5 nitrogen and oxygen atoms in total. The number of fused-ring (bicyclic) bond motifs is 1. The van der Waals surface area contributed by atoms with E-state index in [0.717, 1.165) is 12.1 Å². The summed E-state index contributed by atoms with van der Waals surface area (Å²) in [6.07, 6.45) is -4.48. The first-order valence-corrected chi connectivity index (χ1v) is 7.34. The van der Waals surface area contributed by atoms with E-state index < -0.39 is 11.7 Å². The molecule has 0 fully saturated rings. The molecule has 0 aromatic heterocycles. The number of nitrogens with one attached hydrogen (secondary N) is 2. The zero-order chi connectivity index (χ0) is 18.0. The highest BCUT2D eigenvalue weighted by molar-refractivity contribution is 5.98. The van der Waals surface area contributed by atoms with Gasteiger partial charge in [-0.2, -0.15) is 13.2 Å². The van der Waals surface area contributed by atoms with Crippen LogP contribution in [0.4, 0.5) is 24.5 Å². The first-order valence-electron chi connectivity index (χ1n) is 7.34. The van der Waals surface area contributed by atoms with Crippen molar-refractivity contribution in [2.45, 2.75) is 12.6 Å². The van der Waals surface area contributed by atoms with Gasteiger partial charge in [0.1, 0.15) is 5.75 Å². The van der Waals surface area contributed by atoms with Crippen LogP contribution in [-0.2, 0) is 22.2 Å². The molecule has 0 saturated heterocycles. The molecule has 0 bridgehead atoms. The van der Waals surface area contributed by atoms with Gasteiger partial charge in [0, 0.05) is 5.69 Å². The number of hydrogen-bond donors (Lipinski definition) is 2. The molecular weight excluding hydrogens is 337 g/mol. The lowest BCUT2D eigenvalue weighted by Gasteiger charge is -2.18. The Balaban J connectivity index is 1.65. The molecule has 2 N–H and O–H groups in total. The molecule has 2 amide bonds. The predicted octanol–water partition coefficient (Wildman–Crippen LogP) is 3.22. The average Bonchev–Trinajstić information content (AvgIpc) is 2.54. The fourth-order valence-electron chi connectivity index (χ4n) is 2.36. The molecule has 0 atom stereocenters. The zero-order valence-electron chi connectivity index (χ0n) is 12.8. The van der Waals surface area contributed by atoms with Gasteiger partial charge in [0.25, 0.3) is 5.91 Å². The number of alkyl halides is 3. The summed E-state index contributed by atoms with van der Waals surface area (Å²) >= 11 is 0. The molecule has 0 radical (unpaired) electrons. The van der Waals surface area contributed by atoms with Crippen molar-refractivity contribution in [3.05, 3.63) is 53.6 Å². The third-order valence-corrected chi connectivity index (χ3v) is 3.54. The topological polar surface area (TPSA) is 67.4 Å². The highest BCUT2D eigenvalue weighted by Gasteiger charge is 2.30. The number of amides is 2. The summed E-state index contributed by atoms with van der Waals surface area (Å²) in [6, 6.07) is 9.19. The second-order valence-corrected chi connectivity index (χ2v) is 5.47. The van der Waals surface area contributed by atoms with Crippen molar-refractivity contribution in [1.29, 1.82) is 0 Å². The summed E-state index contributed by atoms with van der Waals surface area (Å²) in [5.41, 5.74) is 0.590. The Morgan fingerprint density at radius 3 is 2.56 bits per heavy atom. The van der Waals surface area contributed by atoms with Crippen molar-refractivity contribution in [2.75, 3.05) is 17.2 Å². The molecule has 0 aliphatic carbocycles. The number of halogens is 3. The van der Waals surface area contributed by atoms with E-state index in [4.69, 9.17) is 4.74 Å². The van der Waals surface area contributed by atoms with Gasteiger partial charge < -0.3 is 15.4 Å². The summed E-state index contributed by atoms with van der Waals surface area (Å²) in [5, 5.41) is 5.25. The molecular formula is C17H13F3N2O3. The van der Waals surface area contributed by atoms with Crippen LogP contribution in [0, 0.1) is 0 Å². The molecule has 3 rings (SSSR count). The van der Waals surface area contributed by atoms with E-state index in [9.17, 15) is 22.8 Å². The molecule has 1 aliphatic heterocycles. The van der Waals surface area contributed by atoms with Gasteiger partial charge in [0.05, 0.1) is 17.7 Å². The molecule has 0 unspecified atom stereocenters. The Bertz CT molecular complexity index is 817. The Labute approximate surface area is 140 Å². The fourth-order valence-corrected chi connectivity index (χ4v) is 2.36. The van der Waals surface area contributed by atoms with Crippen molar-refractivity contribution >= 4 is 23.2 Å². The molecule has 25 heavy (non-hydrogen) atoms. The maximum atomic E-state index is 12.5. The van der Waals surface area contributed by atoms with Crippen LogP contribution >= 0.6 is 0 Å². The second kappa shape index (κ2) is 6.46. The normalized spacial score (nSPS) is 13.5. The van der Waals surface area contributed by atoms with Crippen molar-refractivity contribution in [1.82, 2.24) is 0 Å². The molecule has 1 heterocycles. The van der Waals surface area contributed by atoms with Crippen LogP contribution in [0.2, 0.25) is 0 Å². The number of hydrogen-bond acceptors (Lipinski definition) is 3. The zero-order valence-corrected chi connectivity index (χ0v) is 12.8. The molecule has 8 heteroatoms. The minimum atomic E-state index is -4.41. The molecule has 1 aliphatic rings. The van der Waals surface area contributed by atoms with Crippen LogP contribution < -0.4 is 15.4 Å². The third-order valence-electron chi connectivity index (χ3n) is 3.54. The van der Waals surface area contributed by atoms with Crippen molar-refractivity contribution in [3.63, 3.8) is 0 Å². The van der Waals surface area contributed by atoms with Gasteiger partial charge in [-0.15, -0.1) is 0 Å². The number of carbonyl (C=O) groups is 2. The maximum absolute atomic E-state index is 12.5. The van der Waals surface area contributed by atoms with Crippen LogP contribution in [0.15, 0.2) is 42.5 Å². The number of rotatable bonds is 3. The number of anilines is 2. The van der Waals surface area contributed by atoms with E-state index in [1.165, 1.54) is 12.1 Å². The lowest BCUT2D eigenvalue weighted by Crippen LogP contribution is -2.25. The predicted molar refractivity (Wildman–Crippen MR) is 84.3 cm³/mol. The fraction of sp³-hybridized carbons (Fsp3) is 0.176. The maximum Gasteiger partial charge on any atom is 0.416 e. The van der Waals surface area contributed by atoms with E-state index in [1.807, 2.05) is 0 Å². The Hall–Kier alpha value is -3.03. The second-order valence-electron chi connectivity index (χ2n) is 5.47. The largest absolute Gasteiger partial charge is 0.482 e. The highest BCUT2D eigenvalue weighted by atomic mass is 19.4. The Morgan fingerprint density at radius 2 is 1.88 bits per heavy atom. The summed E-state index contributed by atoms with van der Waals surface area (Å²) in [5.74, 6) is -0.177. The highest BCUT2D eigenvalue weighted by Crippen LogP contribution is 2.31. The van der Waals surface area contributed by atoms with Gasteiger partial charge in [-0.3, -0.25) is 9.59 Å². The van der Waals surface area contributed by atoms with Crippen LogP contribution in [0.3, 0.4) is 0 Å².